The lowest BCUT2D eigenvalue weighted by Crippen LogP contribution is -2.36. The van der Waals surface area contributed by atoms with Gasteiger partial charge in [0.15, 0.2) is 5.69 Å². The van der Waals surface area contributed by atoms with Crippen molar-refractivity contribution in [2.75, 3.05) is 0 Å². The number of carbonyl (C=O) groups is 1. The zero-order valence-corrected chi connectivity index (χ0v) is 11.4. The maximum atomic E-state index is 11.8. The molecule has 0 aliphatic rings. The average molecular weight is 272 g/mol. The molecule has 1 heterocycles. The molecule has 0 spiro atoms. The summed E-state index contributed by atoms with van der Waals surface area (Å²) in [5.41, 5.74) is 3.84. The van der Waals surface area contributed by atoms with Gasteiger partial charge in [0, 0.05) is 11.8 Å². The molecule has 6 nitrogen and oxygen atoms in total. The van der Waals surface area contributed by atoms with Gasteiger partial charge in [-0.05, 0) is 25.0 Å². The lowest BCUT2D eigenvalue weighted by atomic mass is 10.1. The third kappa shape index (κ3) is 2.46. The number of para-hydroxylation sites is 1. The van der Waals surface area contributed by atoms with Gasteiger partial charge in [0.05, 0.1) is 5.69 Å². The second-order valence-corrected chi connectivity index (χ2v) is 4.37. The fourth-order valence-electron chi connectivity index (χ4n) is 2.03. The highest BCUT2D eigenvalue weighted by Crippen LogP contribution is 2.15. The van der Waals surface area contributed by atoms with Crippen LogP contribution >= 0.6 is 0 Å². The summed E-state index contributed by atoms with van der Waals surface area (Å²) in [6, 6.07) is 9.08. The molecule has 3 N–H and O–H groups in total. The van der Waals surface area contributed by atoms with Gasteiger partial charge in [-0.15, -0.1) is 0 Å². The second kappa shape index (κ2) is 5.66. The van der Waals surface area contributed by atoms with Gasteiger partial charge in [0.2, 0.25) is 5.43 Å². The smallest absolute Gasteiger partial charge is 0.289 e. The van der Waals surface area contributed by atoms with E-state index in [2.05, 4.69) is 5.10 Å². The monoisotopic (exact) mass is 272 g/mol. The van der Waals surface area contributed by atoms with Gasteiger partial charge in [-0.2, -0.15) is 5.10 Å². The number of hydrogen-bond donors (Lipinski definition) is 2. The number of benzene rings is 1. The molecule has 1 aromatic carbocycles. The molecule has 1 amide bonds. The third-order valence-corrected chi connectivity index (χ3v) is 3.05. The van der Waals surface area contributed by atoms with Crippen molar-refractivity contribution in [3.05, 3.63) is 57.5 Å². The van der Waals surface area contributed by atoms with Crippen LogP contribution in [0.2, 0.25) is 0 Å². The van der Waals surface area contributed by atoms with E-state index in [4.69, 9.17) is 5.84 Å². The number of hydrogen-bond acceptors (Lipinski definition) is 4. The standard InChI is InChI=1S/C14H16N4O2/c1-3-10-6-4-5-7-11(10)18-9(2)8-12(19)13(17-18)14(20)16-15/h4-8H,3,15H2,1-2H3,(H,16,20). The van der Waals surface area contributed by atoms with Crippen molar-refractivity contribution in [1.82, 2.24) is 15.2 Å². The predicted molar refractivity (Wildman–Crippen MR) is 75.6 cm³/mol. The minimum absolute atomic E-state index is 0.219. The quantitative estimate of drug-likeness (QED) is 0.489. The van der Waals surface area contributed by atoms with Gasteiger partial charge in [-0.3, -0.25) is 15.0 Å². The number of aromatic nitrogens is 2. The molecule has 0 saturated carbocycles. The first-order valence-corrected chi connectivity index (χ1v) is 6.28. The molecule has 104 valence electrons. The largest absolute Gasteiger partial charge is 0.289 e. The molecule has 0 aliphatic heterocycles. The Morgan fingerprint density at radius 2 is 2.10 bits per heavy atom. The molecule has 6 heteroatoms. The van der Waals surface area contributed by atoms with E-state index in [9.17, 15) is 9.59 Å². The van der Waals surface area contributed by atoms with Gasteiger partial charge in [-0.25, -0.2) is 10.5 Å². The van der Waals surface area contributed by atoms with E-state index in [0.717, 1.165) is 17.7 Å². The van der Waals surface area contributed by atoms with Crippen molar-refractivity contribution >= 4 is 5.91 Å². The predicted octanol–water partition coefficient (Wildman–Crippen LogP) is 0.707. The van der Waals surface area contributed by atoms with E-state index < -0.39 is 11.3 Å². The molecule has 2 rings (SSSR count). The number of aryl methyl sites for hydroxylation is 2. The lowest BCUT2D eigenvalue weighted by Gasteiger charge is -2.14. The Morgan fingerprint density at radius 1 is 1.40 bits per heavy atom. The highest BCUT2D eigenvalue weighted by Gasteiger charge is 2.15. The molecule has 0 fully saturated rings. The fraction of sp³-hybridized carbons (Fsp3) is 0.214. The van der Waals surface area contributed by atoms with Crippen molar-refractivity contribution in [2.24, 2.45) is 5.84 Å². The SMILES string of the molecule is CCc1ccccc1-n1nc(C(=O)NN)c(=O)cc1C. The molecule has 1 aromatic heterocycles. The topological polar surface area (TPSA) is 90.0 Å². The minimum atomic E-state index is -0.697. The van der Waals surface area contributed by atoms with Crippen molar-refractivity contribution < 1.29 is 4.79 Å². The Morgan fingerprint density at radius 3 is 2.75 bits per heavy atom. The highest BCUT2D eigenvalue weighted by atomic mass is 16.2. The molecule has 2 aromatic rings. The molecule has 0 unspecified atom stereocenters. The Labute approximate surface area is 116 Å². The summed E-state index contributed by atoms with van der Waals surface area (Å²) < 4.78 is 1.59. The number of carbonyl (C=O) groups excluding carboxylic acids is 1. The van der Waals surface area contributed by atoms with Crippen molar-refractivity contribution in [3.8, 4) is 5.69 Å². The van der Waals surface area contributed by atoms with Crippen LogP contribution in [0.4, 0.5) is 0 Å². The first-order valence-electron chi connectivity index (χ1n) is 6.28. The van der Waals surface area contributed by atoms with Crippen LogP contribution in [0, 0.1) is 6.92 Å². The van der Waals surface area contributed by atoms with Crippen molar-refractivity contribution in [2.45, 2.75) is 20.3 Å². The molecular formula is C14H16N4O2. The van der Waals surface area contributed by atoms with Crippen LogP contribution in [-0.2, 0) is 6.42 Å². The van der Waals surface area contributed by atoms with Crippen molar-refractivity contribution in [3.63, 3.8) is 0 Å². The number of hydrazine groups is 1. The van der Waals surface area contributed by atoms with Crippen molar-refractivity contribution in [1.29, 1.82) is 0 Å². The number of nitrogens with two attached hydrogens (primary N) is 1. The number of nitrogens with zero attached hydrogens (tertiary/aromatic N) is 2. The van der Waals surface area contributed by atoms with Crippen LogP contribution in [-0.4, -0.2) is 15.7 Å². The van der Waals surface area contributed by atoms with E-state index >= 15 is 0 Å². The molecule has 0 radical (unpaired) electrons. The minimum Gasteiger partial charge on any atom is -0.289 e. The zero-order chi connectivity index (χ0) is 14.7. The summed E-state index contributed by atoms with van der Waals surface area (Å²) in [6.07, 6.45) is 0.821. The summed E-state index contributed by atoms with van der Waals surface area (Å²) in [5, 5.41) is 4.13. The second-order valence-electron chi connectivity index (χ2n) is 4.37. The van der Waals surface area contributed by atoms with Crippen LogP contribution in [0.3, 0.4) is 0 Å². The van der Waals surface area contributed by atoms with Gasteiger partial charge < -0.3 is 0 Å². The van der Waals surface area contributed by atoms with E-state index in [1.54, 1.807) is 11.6 Å². The van der Waals surface area contributed by atoms with Crippen LogP contribution in [0.5, 0.6) is 0 Å². The normalized spacial score (nSPS) is 10.3. The number of amides is 1. The maximum Gasteiger partial charge on any atom is 0.289 e. The maximum absolute atomic E-state index is 11.8. The van der Waals surface area contributed by atoms with E-state index in [1.165, 1.54) is 6.07 Å². The zero-order valence-electron chi connectivity index (χ0n) is 11.4. The van der Waals surface area contributed by atoms with Gasteiger partial charge in [0.25, 0.3) is 5.91 Å². The van der Waals surface area contributed by atoms with Gasteiger partial charge in [-0.1, -0.05) is 25.1 Å². The third-order valence-electron chi connectivity index (χ3n) is 3.05. The van der Waals surface area contributed by atoms with Crippen LogP contribution in [0.1, 0.15) is 28.7 Å². The lowest BCUT2D eigenvalue weighted by molar-refractivity contribution is 0.0945. The Balaban J connectivity index is 2.68. The van der Waals surface area contributed by atoms with Crippen LogP contribution < -0.4 is 16.7 Å². The molecule has 0 aliphatic carbocycles. The molecular weight excluding hydrogens is 256 g/mol. The molecule has 0 saturated heterocycles. The van der Waals surface area contributed by atoms with Crippen LogP contribution in [0.25, 0.3) is 5.69 Å². The van der Waals surface area contributed by atoms with E-state index in [1.807, 2.05) is 36.6 Å². The number of nitrogen functional groups attached to an aromatic ring is 1. The molecule has 0 bridgehead atoms. The Bertz CT molecular complexity index is 707. The first-order chi connectivity index (χ1) is 9.58. The average Bonchev–Trinajstić information content (AvgIpc) is 2.46. The molecule has 20 heavy (non-hydrogen) atoms. The van der Waals surface area contributed by atoms with Crippen LogP contribution in [0.15, 0.2) is 35.1 Å². The van der Waals surface area contributed by atoms with E-state index in [-0.39, 0.29) is 5.69 Å². The van der Waals surface area contributed by atoms with Gasteiger partial charge in [0.1, 0.15) is 0 Å². The van der Waals surface area contributed by atoms with E-state index in [0.29, 0.717) is 5.69 Å². The van der Waals surface area contributed by atoms with Gasteiger partial charge >= 0.3 is 0 Å². The summed E-state index contributed by atoms with van der Waals surface area (Å²) in [7, 11) is 0. The molecule has 0 atom stereocenters. The summed E-state index contributed by atoms with van der Waals surface area (Å²) in [5.74, 6) is 4.37. The Kier molecular flexibility index (Phi) is 3.95. The summed E-state index contributed by atoms with van der Waals surface area (Å²) in [4.78, 5) is 23.4. The number of rotatable bonds is 3. The summed E-state index contributed by atoms with van der Waals surface area (Å²) >= 11 is 0. The first kappa shape index (κ1) is 14.0. The number of nitrogens with one attached hydrogen (secondary N) is 1. The highest BCUT2D eigenvalue weighted by molar-refractivity contribution is 5.91. The Hall–Kier alpha value is -2.47. The summed E-state index contributed by atoms with van der Waals surface area (Å²) in [6.45, 7) is 3.80. The fourth-order valence-corrected chi connectivity index (χ4v) is 2.03.